The summed E-state index contributed by atoms with van der Waals surface area (Å²) in [5, 5.41) is 3.30. The fourth-order valence-electron chi connectivity index (χ4n) is 2.78. The quantitative estimate of drug-likeness (QED) is 0.824. The topological polar surface area (TPSA) is 67.6 Å². The van der Waals surface area contributed by atoms with Crippen LogP contribution in [0.1, 0.15) is 33.6 Å². The van der Waals surface area contributed by atoms with Gasteiger partial charge in [0.05, 0.1) is 5.69 Å². The molecule has 1 amide bonds. The highest BCUT2D eigenvalue weighted by atomic mass is 19.1. The Morgan fingerprint density at radius 3 is 2.73 bits per heavy atom. The van der Waals surface area contributed by atoms with E-state index < -0.39 is 11.9 Å². The monoisotopic (exact) mass is 309 g/mol. The van der Waals surface area contributed by atoms with Crippen LogP contribution in [0.4, 0.5) is 14.9 Å². The molecule has 0 saturated carbocycles. The fraction of sp³-hybridized carbons (Fsp3) is 0.562. The Hall–Kier alpha value is -1.82. The standard InChI is InChI=1S/C16H24FN3O2/c1-16(2,3)20(12-5-4-8-19-10-12)15(21)22-14-7-6-11(17)9-13(14)18/h6-7,9,12,19H,4-5,8,10,18H2,1-3H3/t12-/m0/s1. The number of anilines is 1. The van der Waals surface area contributed by atoms with Gasteiger partial charge in [-0.2, -0.15) is 0 Å². The lowest BCUT2D eigenvalue weighted by Gasteiger charge is -2.42. The van der Waals surface area contributed by atoms with Gasteiger partial charge in [0.1, 0.15) is 5.82 Å². The van der Waals surface area contributed by atoms with Crippen molar-refractivity contribution in [1.29, 1.82) is 0 Å². The van der Waals surface area contributed by atoms with Crippen LogP contribution in [0.2, 0.25) is 0 Å². The molecule has 122 valence electrons. The van der Waals surface area contributed by atoms with Gasteiger partial charge in [-0.1, -0.05) is 0 Å². The Kier molecular flexibility index (Phi) is 4.90. The predicted molar refractivity (Wildman–Crippen MR) is 84.3 cm³/mol. The molecule has 0 radical (unpaired) electrons. The minimum Gasteiger partial charge on any atom is -0.408 e. The Bertz CT molecular complexity index is 537. The van der Waals surface area contributed by atoms with Crippen molar-refractivity contribution >= 4 is 11.8 Å². The third-order valence-corrected chi connectivity index (χ3v) is 3.72. The molecule has 22 heavy (non-hydrogen) atoms. The van der Waals surface area contributed by atoms with Crippen LogP contribution in [0, 0.1) is 5.82 Å². The molecule has 1 aliphatic rings. The second-order valence-corrected chi connectivity index (χ2v) is 6.59. The number of benzene rings is 1. The van der Waals surface area contributed by atoms with Crippen molar-refractivity contribution in [2.24, 2.45) is 0 Å². The zero-order valence-corrected chi connectivity index (χ0v) is 13.4. The minimum atomic E-state index is -0.459. The molecule has 0 aromatic heterocycles. The first kappa shape index (κ1) is 16.5. The van der Waals surface area contributed by atoms with Crippen molar-refractivity contribution in [3.63, 3.8) is 0 Å². The molecule has 3 N–H and O–H groups in total. The van der Waals surface area contributed by atoms with Gasteiger partial charge in [-0.3, -0.25) is 4.90 Å². The molecular weight excluding hydrogens is 285 g/mol. The summed E-state index contributed by atoms with van der Waals surface area (Å²) in [6.45, 7) is 7.62. The number of carbonyl (C=O) groups excluding carboxylic acids is 1. The molecule has 6 heteroatoms. The van der Waals surface area contributed by atoms with Gasteiger partial charge in [0.2, 0.25) is 0 Å². The first-order chi connectivity index (χ1) is 10.3. The number of ether oxygens (including phenoxy) is 1. The van der Waals surface area contributed by atoms with Crippen molar-refractivity contribution in [2.45, 2.75) is 45.2 Å². The second-order valence-electron chi connectivity index (χ2n) is 6.59. The lowest BCUT2D eigenvalue weighted by atomic mass is 9.99. The van der Waals surface area contributed by atoms with Gasteiger partial charge < -0.3 is 15.8 Å². The average Bonchev–Trinajstić information content (AvgIpc) is 2.42. The number of carbonyl (C=O) groups is 1. The Balaban J connectivity index is 2.18. The molecule has 1 heterocycles. The van der Waals surface area contributed by atoms with E-state index in [1.165, 1.54) is 12.1 Å². The Labute approximate surface area is 130 Å². The largest absolute Gasteiger partial charge is 0.416 e. The van der Waals surface area contributed by atoms with Crippen LogP contribution < -0.4 is 15.8 Å². The van der Waals surface area contributed by atoms with Crippen LogP contribution in [0.3, 0.4) is 0 Å². The van der Waals surface area contributed by atoms with E-state index >= 15 is 0 Å². The van der Waals surface area contributed by atoms with Crippen LogP contribution in [0.5, 0.6) is 5.75 Å². The Morgan fingerprint density at radius 1 is 1.45 bits per heavy atom. The molecule has 0 unspecified atom stereocenters. The first-order valence-corrected chi connectivity index (χ1v) is 7.56. The number of nitrogens with zero attached hydrogens (tertiary/aromatic N) is 1. The zero-order valence-electron chi connectivity index (χ0n) is 13.4. The second kappa shape index (κ2) is 6.52. The molecule has 1 fully saturated rings. The highest BCUT2D eigenvalue weighted by Crippen LogP contribution is 2.26. The van der Waals surface area contributed by atoms with E-state index in [1.54, 1.807) is 4.90 Å². The number of hydrogen-bond donors (Lipinski definition) is 2. The molecule has 1 aromatic carbocycles. The molecule has 5 nitrogen and oxygen atoms in total. The summed E-state index contributed by atoms with van der Waals surface area (Å²) in [4.78, 5) is 14.4. The summed E-state index contributed by atoms with van der Waals surface area (Å²) in [5.74, 6) is -0.272. The normalized spacial score (nSPS) is 18.8. The molecule has 0 spiro atoms. The molecule has 1 aromatic rings. The van der Waals surface area contributed by atoms with Crippen LogP contribution in [0.15, 0.2) is 18.2 Å². The predicted octanol–water partition coefficient (Wildman–Crippen LogP) is 2.76. The lowest BCUT2D eigenvalue weighted by Crippen LogP contribution is -2.57. The fourth-order valence-corrected chi connectivity index (χ4v) is 2.78. The Morgan fingerprint density at radius 2 is 2.18 bits per heavy atom. The summed E-state index contributed by atoms with van der Waals surface area (Å²) in [7, 11) is 0. The van der Waals surface area contributed by atoms with Gasteiger partial charge >= 0.3 is 6.09 Å². The molecular formula is C16H24FN3O2. The molecule has 0 aliphatic carbocycles. The smallest absolute Gasteiger partial charge is 0.408 e. The number of amides is 1. The summed E-state index contributed by atoms with van der Waals surface area (Å²) in [6, 6.07) is 3.82. The first-order valence-electron chi connectivity index (χ1n) is 7.56. The van der Waals surface area contributed by atoms with E-state index in [4.69, 9.17) is 10.5 Å². The molecule has 2 rings (SSSR count). The molecule has 1 atom stereocenters. The van der Waals surface area contributed by atoms with Gasteiger partial charge in [-0.05, 0) is 52.3 Å². The van der Waals surface area contributed by atoms with Crippen LogP contribution in [-0.4, -0.2) is 35.7 Å². The number of nitrogens with two attached hydrogens (primary N) is 1. The van der Waals surface area contributed by atoms with Gasteiger partial charge in [0.25, 0.3) is 0 Å². The van der Waals surface area contributed by atoms with Gasteiger partial charge in [-0.25, -0.2) is 9.18 Å². The van der Waals surface area contributed by atoms with Crippen molar-refractivity contribution in [3.05, 3.63) is 24.0 Å². The summed E-state index contributed by atoms with van der Waals surface area (Å²) in [6.07, 6.45) is 1.49. The van der Waals surface area contributed by atoms with Gasteiger partial charge in [0.15, 0.2) is 5.75 Å². The number of nitrogen functional groups attached to an aromatic ring is 1. The number of halogens is 1. The highest BCUT2D eigenvalue weighted by molar-refractivity contribution is 5.74. The zero-order chi connectivity index (χ0) is 16.3. The van der Waals surface area contributed by atoms with Crippen LogP contribution >= 0.6 is 0 Å². The number of rotatable bonds is 2. The maximum atomic E-state index is 13.1. The van der Waals surface area contributed by atoms with Crippen molar-refractivity contribution in [1.82, 2.24) is 10.2 Å². The van der Waals surface area contributed by atoms with Crippen LogP contribution in [-0.2, 0) is 0 Å². The lowest BCUT2D eigenvalue weighted by molar-refractivity contribution is 0.0666. The number of piperidine rings is 1. The van der Waals surface area contributed by atoms with Crippen molar-refractivity contribution in [2.75, 3.05) is 18.8 Å². The summed E-state index contributed by atoms with van der Waals surface area (Å²) in [5.41, 5.74) is 5.44. The van der Waals surface area contributed by atoms with Crippen molar-refractivity contribution in [3.8, 4) is 5.75 Å². The third-order valence-electron chi connectivity index (χ3n) is 3.72. The molecule has 1 aliphatic heterocycles. The van der Waals surface area contributed by atoms with Crippen molar-refractivity contribution < 1.29 is 13.9 Å². The van der Waals surface area contributed by atoms with E-state index in [0.29, 0.717) is 0 Å². The highest BCUT2D eigenvalue weighted by Gasteiger charge is 2.35. The average molecular weight is 309 g/mol. The number of nitrogens with one attached hydrogen (secondary N) is 1. The van der Waals surface area contributed by atoms with Gasteiger partial charge in [-0.15, -0.1) is 0 Å². The maximum Gasteiger partial charge on any atom is 0.416 e. The third kappa shape index (κ3) is 3.88. The van der Waals surface area contributed by atoms with E-state index in [-0.39, 0.29) is 23.0 Å². The SMILES string of the molecule is CC(C)(C)N(C(=O)Oc1ccc(F)cc1N)[C@H]1CCCNC1. The number of hydrogen-bond acceptors (Lipinski definition) is 4. The van der Waals surface area contributed by atoms with E-state index in [9.17, 15) is 9.18 Å². The van der Waals surface area contributed by atoms with Crippen LogP contribution in [0.25, 0.3) is 0 Å². The van der Waals surface area contributed by atoms with E-state index in [1.807, 2.05) is 20.8 Å². The summed E-state index contributed by atoms with van der Waals surface area (Å²) < 4.78 is 18.5. The molecule has 1 saturated heterocycles. The van der Waals surface area contributed by atoms with E-state index in [2.05, 4.69) is 5.32 Å². The van der Waals surface area contributed by atoms with E-state index in [0.717, 1.165) is 32.0 Å². The maximum absolute atomic E-state index is 13.1. The van der Waals surface area contributed by atoms with Gasteiger partial charge in [0, 0.05) is 24.2 Å². The molecule has 0 bridgehead atoms. The minimum absolute atomic E-state index is 0.0722. The summed E-state index contributed by atoms with van der Waals surface area (Å²) >= 11 is 0.